The lowest BCUT2D eigenvalue weighted by Crippen LogP contribution is -2.03. The predicted octanol–water partition coefficient (Wildman–Crippen LogP) is 3.61. The Balaban J connectivity index is 2.32. The van der Waals surface area contributed by atoms with Crippen molar-refractivity contribution in [2.75, 3.05) is 0 Å². The van der Waals surface area contributed by atoms with E-state index in [0.29, 0.717) is 6.07 Å². The van der Waals surface area contributed by atoms with E-state index < -0.39 is 23.8 Å². The van der Waals surface area contributed by atoms with E-state index in [9.17, 15) is 17.6 Å². The van der Waals surface area contributed by atoms with Crippen LogP contribution in [0.25, 0.3) is 22.4 Å². The van der Waals surface area contributed by atoms with E-state index in [0.717, 1.165) is 18.5 Å². The fourth-order valence-electron chi connectivity index (χ4n) is 2.06. The smallest absolute Gasteiger partial charge is 0.239 e. The molecule has 0 radical (unpaired) electrons. The van der Waals surface area contributed by atoms with Crippen molar-refractivity contribution in [2.45, 2.75) is 13.3 Å². The van der Waals surface area contributed by atoms with Crippen molar-refractivity contribution in [1.29, 1.82) is 0 Å². The number of nitrogens with zero attached hydrogens (tertiary/aromatic N) is 4. The van der Waals surface area contributed by atoms with Gasteiger partial charge in [0.05, 0.1) is 5.69 Å². The van der Waals surface area contributed by atoms with Crippen molar-refractivity contribution in [2.24, 2.45) is 0 Å². The zero-order chi connectivity index (χ0) is 15.9. The molecule has 1 aromatic carbocycles. The number of aromatic nitrogens is 4. The molecule has 2 aromatic heterocycles. The summed E-state index contributed by atoms with van der Waals surface area (Å²) < 4.78 is 52.8. The molecule has 0 unspecified atom stereocenters. The van der Waals surface area contributed by atoms with E-state index in [1.165, 1.54) is 6.92 Å². The third kappa shape index (κ3) is 2.36. The van der Waals surface area contributed by atoms with Gasteiger partial charge >= 0.3 is 0 Å². The molecule has 4 nitrogen and oxygen atoms in total. The summed E-state index contributed by atoms with van der Waals surface area (Å²) >= 11 is 0. The molecule has 0 spiro atoms. The number of hydrogen-bond donors (Lipinski definition) is 0. The highest BCUT2D eigenvalue weighted by Crippen LogP contribution is 2.28. The normalized spacial score (nSPS) is 11.4. The third-order valence-electron chi connectivity index (χ3n) is 3.07. The Kier molecular flexibility index (Phi) is 3.44. The zero-order valence-corrected chi connectivity index (χ0v) is 11.2. The second-order valence-corrected chi connectivity index (χ2v) is 4.51. The first kappa shape index (κ1) is 14.3. The number of benzene rings is 1. The van der Waals surface area contributed by atoms with Gasteiger partial charge in [0.25, 0.3) is 6.43 Å². The van der Waals surface area contributed by atoms with Crippen LogP contribution in [0.5, 0.6) is 0 Å². The van der Waals surface area contributed by atoms with Crippen molar-refractivity contribution < 1.29 is 17.6 Å². The second kappa shape index (κ2) is 5.28. The number of hydrogen-bond acceptors (Lipinski definition) is 4. The summed E-state index contributed by atoms with van der Waals surface area (Å²) in [7, 11) is 0. The van der Waals surface area contributed by atoms with E-state index in [1.54, 1.807) is 0 Å². The molecule has 0 fully saturated rings. The fourth-order valence-corrected chi connectivity index (χ4v) is 2.06. The van der Waals surface area contributed by atoms with Gasteiger partial charge in [-0.2, -0.15) is 0 Å². The van der Waals surface area contributed by atoms with Crippen LogP contribution in [0.1, 0.15) is 17.8 Å². The minimum Gasteiger partial charge on any atom is -0.239 e. The van der Waals surface area contributed by atoms with Crippen LogP contribution < -0.4 is 0 Å². The summed E-state index contributed by atoms with van der Waals surface area (Å²) in [4.78, 5) is 15.5. The first-order valence-corrected chi connectivity index (χ1v) is 6.20. The van der Waals surface area contributed by atoms with Crippen LogP contribution in [0.4, 0.5) is 17.6 Å². The summed E-state index contributed by atoms with van der Waals surface area (Å²) in [6, 6.07) is 2.89. The lowest BCUT2D eigenvalue weighted by molar-refractivity contribution is 0.145. The van der Waals surface area contributed by atoms with Crippen molar-refractivity contribution in [3.8, 4) is 11.3 Å². The number of halogens is 4. The van der Waals surface area contributed by atoms with Crippen LogP contribution in [-0.4, -0.2) is 19.9 Å². The summed E-state index contributed by atoms with van der Waals surface area (Å²) in [5.74, 6) is -1.63. The van der Waals surface area contributed by atoms with Crippen molar-refractivity contribution in [3.63, 3.8) is 0 Å². The Labute approximate surface area is 121 Å². The molecule has 22 heavy (non-hydrogen) atoms. The first-order chi connectivity index (χ1) is 10.5. The van der Waals surface area contributed by atoms with Gasteiger partial charge in [0.15, 0.2) is 5.65 Å². The van der Waals surface area contributed by atoms with Crippen LogP contribution in [0.2, 0.25) is 0 Å². The standard InChI is InChI=1S/C14H8F4N4/c1-6-10(13(17)18)22-12-11(19-5-20-14(12)21-6)8-3-2-7(15)4-9(8)16/h2-5,13H,1H3. The molecule has 2 heterocycles. The van der Waals surface area contributed by atoms with Gasteiger partial charge < -0.3 is 0 Å². The third-order valence-corrected chi connectivity index (χ3v) is 3.07. The molecule has 0 amide bonds. The summed E-state index contributed by atoms with van der Waals surface area (Å²) in [5, 5.41) is 0. The minimum atomic E-state index is -2.83. The Morgan fingerprint density at radius 2 is 1.82 bits per heavy atom. The Hall–Kier alpha value is -2.64. The maximum atomic E-state index is 13.9. The monoisotopic (exact) mass is 308 g/mol. The summed E-state index contributed by atoms with van der Waals surface area (Å²) in [6.45, 7) is 1.38. The quantitative estimate of drug-likeness (QED) is 0.679. The number of fused-ring (bicyclic) bond motifs is 1. The fraction of sp³-hybridized carbons (Fsp3) is 0.143. The molecule has 0 saturated heterocycles. The molecule has 0 aliphatic rings. The van der Waals surface area contributed by atoms with Gasteiger partial charge in [-0.15, -0.1) is 0 Å². The SMILES string of the molecule is Cc1nc2ncnc(-c3ccc(F)cc3F)c2nc1C(F)F. The summed E-state index contributed by atoms with van der Waals surface area (Å²) in [6.07, 6.45) is -1.71. The lowest BCUT2D eigenvalue weighted by atomic mass is 10.1. The van der Waals surface area contributed by atoms with Crippen LogP contribution >= 0.6 is 0 Å². The van der Waals surface area contributed by atoms with Crippen LogP contribution in [0, 0.1) is 18.6 Å². The average Bonchev–Trinajstić information content (AvgIpc) is 2.45. The zero-order valence-electron chi connectivity index (χ0n) is 11.2. The number of alkyl halides is 2. The Morgan fingerprint density at radius 1 is 1.05 bits per heavy atom. The molecule has 0 N–H and O–H groups in total. The van der Waals surface area contributed by atoms with Gasteiger partial charge in [0.1, 0.15) is 34.9 Å². The van der Waals surface area contributed by atoms with E-state index in [4.69, 9.17) is 0 Å². The van der Waals surface area contributed by atoms with E-state index >= 15 is 0 Å². The Bertz CT molecular complexity index is 867. The Morgan fingerprint density at radius 3 is 2.50 bits per heavy atom. The molecule has 112 valence electrons. The molecule has 0 aliphatic heterocycles. The van der Waals surface area contributed by atoms with Crippen LogP contribution in [0.15, 0.2) is 24.5 Å². The molecular formula is C14H8F4N4. The van der Waals surface area contributed by atoms with E-state index in [1.807, 2.05) is 0 Å². The molecule has 3 aromatic rings. The van der Waals surface area contributed by atoms with Crippen LogP contribution in [-0.2, 0) is 0 Å². The predicted molar refractivity (Wildman–Crippen MR) is 70.2 cm³/mol. The minimum absolute atomic E-state index is 0.0168. The maximum absolute atomic E-state index is 13.9. The molecule has 8 heteroatoms. The van der Waals surface area contributed by atoms with Gasteiger partial charge in [-0.05, 0) is 19.1 Å². The topological polar surface area (TPSA) is 51.6 Å². The molecular weight excluding hydrogens is 300 g/mol. The average molecular weight is 308 g/mol. The molecule has 0 atom stereocenters. The molecule has 3 rings (SSSR count). The van der Waals surface area contributed by atoms with E-state index in [2.05, 4.69) is 19.9 Å². The molecule has 0 saturated carbocycles. The van der Waals surface area contributed by atoms with Crippen molar-refractivity contribution in [1.82, 2.24) is 19.9 Å². The van der Waals surface area contributed by atoms with Crippen LogP contribution in [0.3, 0.4) is 0 Å². The number of aryl methyl sites for hydroxylation is 1. The number of rotatable bonds is 2. The summed E-state index contributed by atoms with van der Waals surface area (Å²) in [5.41, 5.74) is -0.564. The molecule has 0 bridgehead atoms. The highest BCUT2D eigenvalue weighted by molar-refractivity contribution is 5.86. The van der Waals surface area contributed by atoms with Gasteiger partial charge in [0.2, 0.25) is 0 Å². The van der Waals surface area contributed by atoms with Crippen molar-refractivity contribution >= 4 is 11.2 Å². The van der Waals surface area contributed by atoms with Gasteiger partial charge in [-0.25, -0.2) is 37.5 Å². The lowest BCUT2D eigenvalue weighted by Gasteiger charge is -2.08. The van der Waals surface area contributed by atoms with Gasteiger partial charge in [-0.3, -0.25) is 0 Å². The maximum Gasteiger partial charge on any atom is 0.282 e. The second-order valence-electron chi connectivity index (χ2n) is 4.51. The van der Waals surface area contributed by atoms with E-state index in [-0.39, 0.29) is 28.1 Å². The molecule has 0 aliphatic carbocycles. The van der Waals surface area contributed by atoms with Crippen molar-refractivity contribution in [3.05, 3.63) is 47.5 Å². The van der Waals surface area contributed by atoms with Gasteiger partial charge in [-0.1, -0.05) is 0 Å². The first-order valence-electron chi connectivity index (χ1n) is 6.20. The highest BCUT2D eigenvalue weighted by atomic mass is 19.3. The highest BCUT2D eigenvalue weighted by Gasteiger charge is 2.19. The largest absolute Gasteiger partial charge is 0.282 e. The van der Waals surface area contributed by atoms with Gasteiger partial charge in [0, 0.05) is 11.6 Å².